The first kappa shape index (κ1) is 19.2. The molecular formula is C23H21ClN4O. The zero-order valence-electron chi connectivity index (χ0n) is 16.7. The summed E-state index contributed by atoms with van der Waals surface area (Å²) < 4.78 is 1.77. The van der Waals surface area contributed by atoms with Gasteiger partial charge in [-0.3, -0.25) is 4.79 Å². The Morgan fingerprint density at radius 3 is 2.48 bits per heavy atom. The van der Waals surface area contributed by atoms with Gasteiger partial charge in [-0.15, -0.1) is 0 Å². The van der Waals surface area contributed by atoms with Gasteiger partial charge in [0.1, 0.15) is 0 Å². The molecule has 6 heteroatoms. The van der Waals surface area contributed by atoms with Gasteiger partial charge >= 0.3 is 0 Å². The summed E-state index contributed by atoms with van der Waals surface area (Å²) in [5.74, 6) is -0.185. The number of aryl methyl sites for hydroxylation is 3. The highest BCUT2D eigenvalue weighted by atomic mass is 35.5. The van der Waals surface area contributed by atoms with E-state index in [1.807, 2.05) is 70.2 Å². The van der Waals surface area contributed by atoms with Gasteiger partial charge in [0.25, 0.3) is 5.91 Å². The highest BCUT2D eigenvalue weighted by Gasteiger charge is 2.20. The summed E-state index contributed by atoms with van der Waals surface area (Å²) in [4.78, 5) is 17.8. The van der Waals surface area contributed by atoms with Gasteiger partial charge in [-0.25, -0.2) is 9.67 Å². The Labute approximate surface area is 174 Å². The van der Waals surface area contributed by atoms with Crippen LogP contribution < -0.4 is 5.32 Å². The molecule has 0 saturated heterocycles. The van der Waals surface area contributed by atoms with E-state index in [1.165, 1.54) is 0 Å². The summed E-state index contributed by atoms with van der Waals surface area (Å²) in [6.45, 7) is 7.72. The summed E-state index contributed by atoms with van der Waals surface area (Å²) in [7, 11) is 0. The standard InChI is InChI=1S/C23H21ClN4O/c1-13-8-10-17(11-9-13)26-23(29)18-12-14(2)25-22-21(18)16(4)27-28(22)20-7-5-6-19(24)15(20)3/h5-12H,1-4H3,(H,26,29). The first-order valence-electron chi connectivity index (χ1n) is 9.35. The van der Waals surface area contributed by atoms with Gasteiger partial charge in [0.15, 0.2) is 5.65 Å². The molecule has 2 aromatic carbocycles. The van der Waals surface area contributed by atoms with Gasteiger partial charge in [-0.1, -0.05) is 35.4 Å². The van der Waals surface area contributed by atoms with Crippen molar-refractivity contribution in [2.24, 2.45) is 0 Å². The van der Waals surface area contributed by atoms with Crippen LogP contribution in [-0.4, -0.2) is 20.7 Å². The summed E-state index contributed by atoms with van der Waals surface area (Å²) >= 11 is 6.31. The van der Waals surface area contributed by atoms with Crippen LogP contribution in [0.15, 0.2) is 48.5 Å². The molecule has 2 aromatic heterocycles. The number of carbonyl (C=O) groups excluding carboxylic acids is 1. The molecular weight excluding hydrogens is 384 g/mol. The minimum atomic E-state index is -0.185. The maximum absolute atomic E-state index is 13.1. The topological polar surface area (TPSA) is 59.8 Å². The van der Waals surface area contributed by atoms with Crippen LogP contribution in [0, 0.1) is 27.7 Å². The number of rotatable bonds is 3. The molecule has 4 aromatic rings. The van der Waals surface area contributed by atoms with Crippen LogP contribution in [-0.2, 0) is 0 Å². The lowest BCUT2D eigenvalue weighted by Crippen LogP contribution is -2.13. The average molecular weight is 405 g/mol. The molecule has 0 radical (unpaired) electrons. The molecule has 0 spiro atoms. The van der Waals surface area contributed by atoms with E-state index in [9.17, 15) is 4.79 Å². The van der Waals surface area contributed by atoms with E-state index in [0.717, 1.165) is 39.3 Å². The maximum Gasteiger partial charge on any atom is 0.256 e. The van der Waals surface area contributed by atoms with Crippen LogP contribution in [0.25, 0.3) is 16.7 Å². The number of aromatic nitrogens is 3. The second-order valence-corrected chi connectivity index (χ2v) is 7.62. The SMILES string of the molecule is Cc1ccc(NC(=O)c2cc(C)nc3c2c(C)nn3-c2cccc(Cl)c2C)cc1. The second-order valence-electron chi connectivity index (χ2n) is 7.21. The molecule has 1 amide bonds. The van der Waals surface area contributed by atoms with Crippen LogP contribution in [0.3, 0.4) is 0 Å². The minimum Gasteiger partial charge on any atom is -0.322 e. The lowest BCUT2D eigenvalue weighted by atomic mass is 10.1. The van der Waals surface area contributed by atoms with E-state index >= 15 is 0 Å². The fraction of sp³-hybridized carbons (Fsp3) is 0.174. The summed E-state index contributed by atoms with van der Waals surface area (Å²) in [5.41, 5.74) is 6.32. The van der Waals surface area contributed by atoms with Crippen LogP contribution in [0.2, 0.25) is 5.02 Å². The molecule has 5 nitrogen and oxygen atoms in total. The molecule has 0 atom stereocenters. The number of anilines is 1. The normalized spacial score (nSPS) is 11.1. The fourth-order valence-corrected chi connectivity index (χ4v) is 3.59. The first-order chi connectivity index (χ1) is 13.8. The Morgan fingerprint density at radius 2 is 1.76 bits per heavy atom. The van der Waals surface area contributed by atoms with Gasteiger partial charge in [-0.2, -0.15) is 5.10 Å². The Morgan fingerprint density at radius 1 is 1.03 bits per heavy atom. The van der Waals surface area contributed by atoms with Crippen molar-refractivity contribution in [2.45, 2.75) is 27.7 Å². The zero-order chi connectivity index (χ0) is 20.7. The number of amides is 1. The van der Waals surface area contributed by atoms with Crippen molar-refractivity contribution in [3.63, 3.8) is 0 Å². The van der Waals surface area contributed by atoms with E-state index in [2.05, 4.69) is 15.4 Å². The van der Waals surface area contributed by atoms with Crippen LogP contribution in [0.1, 0.15) is 32.9 Å². The number of benzene rings is 2. The monoisotopic (exact) mass is 404 g/mol. The highest BCUT2D eigenvalue weighted by molar-refractivity contribution is 6.31. The number of pyridine rings is 1. The summed E-state index contributed by atoms with van der Waals surface area (Å²) in [6.07, 6.45) is 0. The van der Waals surface area contributed by atoms with Gasteiger partial charge in [-0.05, 0) is 63.6 Å². The van der Waals surface area contributed by atoms with Crippen molar-refractivity contribution in [3.05, 3.63) is 81.6 Å². The van der Waals surface area contributed by atoms with Crippen molar-refractivity contribution in [1.82, 2.24) is 14.8 Å². The molecule has 0 aliphatic carbocycles. The Hall–Kier alpha value is -3.18. The summed E-state index contributed by atoms with van der Waals surface area (Å²) in [5, 5.41) is 9.05. The highest BCUT2D eigenvalue weighted by Crippen LogP contribution is 2.29. The third-order valence-electron chi connectivity index (χ3n) is 4.96. The van der Waals surface area contributed by atoms with Crippen LogP contribution in [0.5, 0.6) is 0 Å². The predicted molar refractivity (Wildman–Crippen MR) is 117 cm³/mol. The van der Waals surface area contributed by atoms with Crippen molar-refractivity contribution in [3.8, 4) is 5.69 Å². The Kier molecular flexibility index (Phi) is 4.84. The Bertz CT molecular complexity index is 1240. The number of hydrogen-bond acceptors (Lipinski definition) is 3. The number of halogens is 1. The number of hydrogen-bond donors (Lipinski definition) is 1. The lowest BCUT2D eigenvalue weighted by Gasteiger charge is -2.10. The molecule has 1 N–H and O–H groups in total. The minimum absolute atomic E-state index is 0.185. The number of carbonyl (C=O) groups is 1. The lowest BCUT2D eigenvalue weighted by molar-refractivity contribution is 0.102. The van der Waals surface area contributed by atoms with Crippen molar-refractivity contribution >= 4 is 34.2 Å². The van der Waals surface area contributed by atoms with E-state index < -0.39 is 0 Å². The molecule has 4 rings (SSSR count). The third-order valence-corrected chi connectivity index (χ3v) is 5.37. The quantitative estimate of drug-likeness (QED) is 0.486. The van der Waals surface area contributed by atoms with Crippen LogP contribution in [0.4, 0.5) is 5.69 Å². The number of nitrogens with zero attached hydrogens (tertiary/aromatic N) is 3. The molecule has 29 heavy (non-hydrogen) atoms. The molecule has 0 aliphatic rings. The van der Waals surface area contributed by atoms with Crippen molar-refractivity contribution in [1.29, 1.82) is 0 Å². The van der Waals surface area contributed by atoms with Gasteiger partial charge in [0, 0.05) is 16.4 Å². The largest absolute Gasteiger partial charge is 0.322 e. The molecule has 0 unspecified atom stereocenters. The maximum atomic E-state index is 13.1. The number of nitrogens with one attached hydrogen (secondary N) is 1. The van der Waals surface area contributed by atoms with Crippen molar-refractivity contribution < 1.29 is 4.79 Å². The molecule has 0 bridgehead atoms. The first-order valence-corrected chi connectivity index (χ1v) is 9.73. The average Bonchev–Trinajstić information content (AvgIpc) is 3.01. The van der Waals surface area contributed by atoms with E-state index in [4.69, 9.17) is 11.6 Å². The van der Waals surface area contributed by atoms with Gasteiger partial charge in [0.2, 0.25) is 0 Å². The fourth-order valence-electron chi connectivity index (χ4n) is 3.42. The molecule has 146 valence electrons. The van der Waals surface area contributed by atoms with E-state index in [0.29, 0.717) is 16.2 Å². The molecule has 2 heterocycles. The van der Waals surface area contributed by atoms with E-state index in [-0.39, 0.29) is 5.91 Å². The number of fused-ring (bicyclic) bond motifs is 1. The second kappa shape index (κ2) is 7.33. The van der Waals surface area contributed by atoms with Crippen molar-refractivity contribution in [2.75, 3.05) is 5.32 Å². The van der Waals surface area contributed by atoms with Gasteiger partial charge < -0.3 is 5.32 Å². The van der Waals surface area contributed by atoms with Crippen LogP contribution >= 0.6 is 11.6 Å². The van der Waals surface area contributed by atoms with E-state index in [1.54, 1.807) is 10.7 Å². The smallest absolute Gasteiger partial charge is 0.256 e. The zero-order valence-corrected chi connectivity index (χ0v) is 17.5. The molecule has 0 saturated carbocycles. The Balaban J connectivity index is 1.86. The molecule has 0 aliphatic heterocycles. The molecule has 0 fully saturated rings. The third kappa shape index (κ3) is 3.49. The predicted octanol–water partition coefficient (Wildman–Crippen LogP) is 5.56. The summed E-state index contributed by atoms with van der Waals surface area (Å²) in [6, 6.07) is 15.2. The van der Waals surface area contributed by atoms with Gasteiger partial charge in [0.05, 0.1) is 22.3 Å².